The third kappa shape index (κ3) is 19.4. The molecule has 0 aromatic rings. The number of aliphatic hydroxyl groups excluding tert-OH is 1. The van der Waals surface area contributed by atoms with Crippen molar-refractivity contribution < 1.29 is 14.7 Å². The van der Waals surface area contributed by atoms with E-state index in [1.54, 1.807) is 6.92 Å². The van der Waals surface area contributed by atoms with Gasteiger partial charge in [0.25, 0.3) is 0 Å². The van der Waals surface area contributed by atoms with E-state index in [4.69, 9.17) is 0 Å². The highest BCUT2D eigenvalue weighted by atomic mass is 16.3. The molecular formula is C23H43N3O3. The van der Waals surface area contributed by atoms with Crippen LogP contribution >= 0.6 is 0 Å². The van der Waals surface area contributed by atoms with Crippen molar-refractivity contribution in [2.45, 2.75) is 77.2 Å². The minimum atomic E-state index is -0.448. The molecule has 6 heteroatoms. The Bertz CT molecular complexity index is 417. The highest BCUT2D eigenvalue weighted by Gasteiger charge is 2.10. The van der Waals surface area contributed by atoms with E-state index in [-0.39, 0.29) is 11.8 Å². The number of unbranched alkanes of at least 4 members (excludes halogenated alkanes) is 6. The second kappa shape index (κ2) is 19.6. The Morgan fingerprint density at radius 3 is 1.69 bits per heavy atom. The highest BCUT2D eigenvalue weighted by Crippen LogP contribution is 2.04. The maximum absolute atomic E-state index is 11.9. The van der Waals surface area contributed by atoms with E-state index in [2.05, 4.69) is 28.7 Å². The van der Waals surface area contributed by atoms with E-state index >= 15 is 0 Å². The molecule has 6 nitrogen and oxygen atoms in total. The molecule has 3 N–H and O–H groups in total. The predicted molar refractivity (Wildman–Crippen MR) is 121 cm³/mol. The van der Waals surface area contributed by atoms with E-state index in [1.807, 2.05) is 12.2 Å². The first-order chi connectivity index (χ1) is 14.0. The van der Waals surface area contributed by atoms with Gasteiger partial charge < -0.3 is 15.7 Å². The van der Waals surface area contributed by atoms with Crippen LogP contribution in [0.25, 0.3) is 0 Å². The number of carbonyl (C=O) groups excluding carboxylic acids is 2. The molecule has 0 fully saturated rings. The summed E-state index contributed by atoms with van der Waals surface area (Å²) in [6.07, 6.45) is 12.5. The van der Waals surface area contributed by atoms with Crippen molar-refractivity contribution in [1.82, 2.24) is 15.5 Å². The molecule has 29 heavy (non-hydrogen) atoms. The molecule has 168 valence electrons. The van der Waals surface area contributed by atoms with Crippen LogP contribution in [0.4, 0.5) is 0 Å². The number of nitrogens with one attached hydrogen (secondary N) is 2. The number of hydrogen-bond donors (Lipinski definition) is 3. The maximum atomic E-state index is 11.9. The summed E-state index contributed by atoms with van der Waals surface area (Å²) in [5.74, 6) is 0.149. The molecule has 2 amide bonds. The second-order valence-electron chi connectivity index (χ2n) is 7.63. The van der Waals surface area contributed by atoms with Gasteiger partial charge in [0.1, 0.15) is 0 Å². The lowest BCUT2D eigenvalue weighted by Gasteiger charge is -2.24. The fraction of sp³-hybridized carbons (Fsp3) is 0.739. The van der Waals surface area contributed by atoms with Crippen molar-refractivity contribution in [2.75, 3.05) is 32.7 Å². The molecule has 0 bridgehead atoms. The molecule has 0 spiro atoms. The van der Waals surface area contributed by atoms with Gasteiger partial charge in [-0.1, -0.05) is 25.0 Å². The first-order valence-corrected chi connectivity index (χ1v) is 11.1. The normalized spacial score (nSPS) is 11.8. The van der Waals surface area contributed by atoms with Crippen LogP contribution in [0.5, 0.6) is 0 Å². The lowest BCUT2D eigenvalue weighted by molar-refractivity contribution is -0.121. The Balaban J connectivity index is 3.93. The Hall–Kier alpha value is -1.66. The van der Waals surface area contributed by atoms with Crippen molar-refractivity contribution in [3.8, 4) is 0 Å². The summed E-state index contributed by atoms with van der Waals surface area (Å²) in [7, 11) is 0. The smallest absolute Gasteiger partial charge is 0.220 e. The zero-order chi connectivity index (χ0) is 21.7. The standard InChI is InChI=1S/C23H43N3O3/c1-4-6-8-10-12-14-22(28)24-16-18-26(20-21(3)27)19-17-25-23(29)15-13-11-9-7-5-2/h4-5,21,27H,1-2,6-20H2,3H3,(H,24,28)(H,25,29). The zero-order valence-corrected chi connectivity index (χ0v) is 18.5. The molecule has 0 aliphatic carbocycles. The van der Waals surface area contributed by atoms with Gasteiger partial charge in [-0.3, -0.25) is 14.5 Å². The predicted octanol–water partition coefficient (Wildman–Crippen LogP) is 3.17. The summed E-state index contributed by atoms with van der Waals surface area (Å²) in [4.78, 5) is 25.8. The SMILES string of the molecule is C=CCCCCCC(=O)NCCN(CCNC(=O)CCCCCC=C)CC(C)O. The Labute approximate surface area is 177 Å². The zero-order valence-electron chi connectivity index (χ0n) is 18.5. The molecule has 1 unspecified atom stereocenters. The largest absolute Gasteiger partial charge is 0.392 e. The van der Waals surface area contributed by atoms with Gasteiger partial charge in [0.15, 0.2) is 0 Å². The van der Waals surface area contributed by atoms with Gasteiger partial charge in [0.05, 0.1) is 6.10 Å². The van der Waals surface area contributed by atoms with Gasteiger partial charge in [-0.25, -0.2) is 0 Å². The fourth-order valence-electron chi connectivity index (χ4n) is 3.05. The molecule has 0 saturated heterocycles. The van der Waals surface area contributed by atoms with Crippen LogP contribution in [0.2, 0.25) is 0 Å². The summed E-state index contributed by atoms with van der Waals surface area (Å²) in [6, 6.07) is 0. The van der Waals surface area contributed by atoms with E-state index in [9.17, 15) is 14.7 Å². The quantitative estimate of drug-likeness (QED) is 0.213. The van der Waals surface area contributed by atoms with Crippen molar-refractivity contribution in [3.05, 3.63) is 25.3 Å². The van der Waals surface area contributed by atoms with Crippen molar-refractivity contribution in [1.29, 1.82) is 0 Å². The van der Waals surface area contributed by atoms with Crippen molar-refractivity contribution in [3.63, 3.8) is 0 Å². The van der Waals surface area contributed by atoms with Crippen molar-refractivity contribution >= 4 is 11.8 Å². The lowest BCUT2D eigenvalue weighted by Crippen LogP contribution is -2.42. The van der Waals surface area contributed by atoms with E-state index < -0.39 is 6.10 Å². The van der Waals surface area contributed by atoms with Crippen LogP contribution in [0.15, 0.2) is 25.3 Å². The van der Waals surface area contributed by atoms with Crippen LogP contribution in [0.3, 0.4) is 0 Å². The van der Waals surface area contributed by atoms with Gasteiger partial charge in [-0.2, -0.15) is 0 Å². The first-order valence-electron chi connectivity index (χ1n) is 11.1. The highest BCUT2D eigenvalue weighted by molar-refractivity contribution is 5.76. The van der Waals surface area contributed by atoms with Crippen LogP contribution in [-0.4, -0.2) is 60.6 Å². The topological polar surface area (TPSA) is 81.7 Å². The molecule has 0 radical (unpaired) electrons. The summed E-state index contributed by atoms with van der Waals surface area (Å²) in [6.45, 7) is 12.1. The number of carbonyl (C=O) groups is 2. The Kier molecular flexibility index (Phi) is 18.5. The van der Waals surface area contributed by atoms with Crippen LogP contribution in [0, 0.1) is 0 Å². The average Bonchev–Trinajstić information content (AvgIpc) is 2.67. The number of aliphatic hydroxyl groups is 1. The summed E-state index contributed by atoms with van der Waals surface area (Å²) >= 11 is 0. The van der Waals surface area contributed by atoms with Crippen LogP contribution in [-0.2, 0) is 9.59 Å². The van der Waals surface area contributed by atoms with Gasteiger partial charge in [0.2, 0.25) is 11.8 Å². The molecule has 0 aromatic carbocycles. The minimum Gasteiger partial charge on any atom is -0.392 e. The van der Waals surface area contributed by atoms with Crippen LogP contribution < -0.4 is 10.6 Å². The first kappa shape index (κ1) is 27.3. The summed E-state index contributed by atoms with van der Waals surface area (Å²) in [5.41, 5.74) is 0. The lowest BCUT2D eigenvalue weighted by atomic mass is 10.1. The molecule has 1 atom stereocenters. The molecule has 0 rings (SSSR count). The minimum absolute atomic E-state index is 0.0744. The second-order valence-corrected chi connectivity index (χ2v) is 7.63. The molecule has 0 aliphatic heterocycles. The summed E-state index contributed by atoms with van der Waals surface area (Å²) in [5, 5.41) is 15.6. The average molecular weight is 410 g/mol. The molecular weight excluding hydrogens is 366 g/mol. The number of amides is 2. The monoisotopic (exact) mass is 409 g/mol. The van der Waals surface area contributed by atoms with Crippen molar-refractivity contribution in [2.24, 2.45) is 0 Å². The van der Waals surface area contributed by atoms with Gasteiger partial charge >= 0.3 is 0 Å². The van der Waals surface area contributed by atoms with E-state index in [0.29, 0.717) is 45.6 Å². The third-order valence-corrected chi connectivity index (χ3v) is 4.65. The van der Waals surface area contributed by atoms with Crippen LogP contribution in [0.1, 0.15) is 71.1 Å². The van der Waals surface area contributed by atoms with Gasteiger partial charge in [-0.15, -0.1) is 13.2 Å². The Morgan fingerprint density at radius 2 is 1.31 bits per heavy atom. The summed E-state index contributed by atoms with van der Waals surface area (Å²) < 4.78 is 0. The number of nitrogens with zero attached hydrogens (tertiary/aromatic N) is 1. The molecule has 0 aromatic heterocycles. The van der Waals surface area contributed by atoms with E-state index in [1.165, 1.54) is 0 Å². The number of rotatable bonds is 20. The molecule has 0 heterocycles. The van der Waals surface area contributed by atoms with E-state index in [0.717, 1.165) is 51.4 Å². The third-order valence-electron chi connectivity index (χ3n) is 4.65. The fourth-order valence-corrected chi connectivity index (χ4v) is 3.05. The number of allylic oxidation sites excluding steroid dienone is 2. The van der Waals surface area contributed by atoms with Gasteiger partial charge in [0, 0.05) is 45.6 Å². The Morgan fingerprint density at radius 1 is 0.862 bits per heavy atom. The number of hydrogen-bond acceptors (Lipinski definition) is 4. The maximum Gasteiger partial charge on any atom is 0.220 e. The molecule has 0 saturated carbocycles. The van der Waals surface area contributed by atoms with Gasteiger partial charge in [-0.05, 0) is 45.4 Å². The molecule has 0 aliphatic rings.